The first-order chi connectivity index (χ1) is 9.02. The van der Waals surface area contributed by atoms with Gasteiger partial charge in [-0.3, -0.25) is 9.59 Å². The third-order valence-electron chi connectivity index (χ3n) is 2.78. The van der Waals surface area contributed by atoms with Crippen molar-refractivity contribution in [2.75, 3.05) is 13.1 Å². The second kappa shape index (κ2) is 7.36. The maximum atomic E-state index is 11.9. The fourth-order valence-electron chi connectivity index (χ4n) is 1.74. The zero-order valence-electron chi connectivity index (χ0n) is 11.1. The second-order valence-electron chi connectivity index (χ2n) is 4.44. The van der Waals surface area contributed by atoms with Crippen LogP contribution in [0.2, 0.25) is 0 Å². The number of carbonyl (C=O) groups excluding carboxylic acids is 1. The first kappa shape index (κ1) is 15.0. The van der Waals surface area contributed by atoms with Crippen molar-refractivity contribution in [2.24, 2.45) is 0 Å². The summed E-state index contributed by atoms with van der Waals surface area (Å²) in [4.78, 5) is 23.9. The van der Waals surface area contributed by atoms with E-state index in [1.54, 1.807) is 0 Å². The van der Waals surface area contributed by atoms with E-state index < -0.39 is 5.97 Å². The largest absolute Gasteiger partial charge is 0.480 e. The summed E-state index contributed by atoms with van der Waals surface area (Å²) in [6.07, 6.45) is 2.46. The van der Waals surface area contributed by atoms with Crippen LogP contribution in [0, 0.1) is 6.92 Å². The lowest BCUT2D eigenvalue weighted by atomic mass is 10.1. The smallest absolute Gasteiger partial charge is 0.323 e. The van der Waals surface area contributed by atoms with Crippen LogP contribution in [0.25, 0.3) is 0 Å². The summed E-state index contributed by atoms with van der Waals surface area (Å²) < 4.78 is 0. The van der Waals surface area contributed by atoms with Gasteiger partial charge in [-0.15, -0.1) is 6.58 Å². The molecule has 0 aromatic heterocycles. The normalized spacial score (nSPS) is 9.95. The van der Waals surface area contributed by atoms with Crippen LogP contribution in [-0.2, 0) is 16.0 Å². The maximum Gasteiger partial charge on any atom is 0.323 e. The highest BCUT2D eigenvalue weighted by atomic mass is 16.4. The minimum absolute atomic E-state index is 0.164. The van der Waals surface area contributed by atoms with Crippen molar-refractivity contribution in [3.8, 4) is 0 Å². The summed E-state index contributed by atoms with van der Waals surface area (Å²) >= 11 is 0. The molecular formula is C15H19NO3. The second-order valence-corrected chi connectivity index (χ2v) is 4.44. The van der Waals surface area contributed by atoms with E-state index in [9.17, 15) is 9.59 Å². The molecule has 0 atom stereocenters. The van der Waals surface area contributed by atoms with Crippen LogP contribution < -0.4 is 0 Å². The number of nitrogens with zero attached hydrogens (tertiary/aromatic N) is 1. The predicted molar refractivity (Wildman–Crippen MR) is 73.9 cm³/mol. The number of aliphatic carboxylic acids is 1. The Morgan fingerprint density at radius 1 is 1.32 bits per heavy atom. The van der Waals surface area contributed by atoms with Crippen molar-refractivity contribution in [1.29, 1.82) is 0 Å². The van der Waals surface area contributed by atoms with Gasteiger partial charge in [0.1, 0.15) is 6.54 Å². The fourth-order valence-corrected chi connectivity index (χ4v) is 1.74. The Kier molecular flexibility index (Phi) is 5.79. The first-order valence-electron chi connectivity index (χ1n) is 6.19. The van der Waals surface area contributed by atoms with Crippen molar-refractivity contribution in [2.45, 2.75) is 19.8 Å². The molecule has 0 aliphatic carbocycles. The van der Waals surface area contributed by atoms with E-state index >= 15 is 0 Å². The van der Waals surface area contributed by atoms with Crippen molar-refractivity contribution in [3.05, 3.63) is 48.0 Å². The van der Waals surface area contributed by atoms with E-state index in [2.05, 4.69) is 6.58 Å². The Balaban J connectivity index is 2.54. The number of hydrogen-bond donors (Lipinski definition) is 1. The number of hydrogen-bond acceptors (Lipinski definition) is 2. The average molecular weight is 261 g/mol. The molecule has 4 heteroatoms. The van der Waals surface area contributed by atoms with Gasteiger partial charge in [0.15, 0.2) is 0 Å². The summed E-state index contributed by atoms with van der Waals surface area (Å²) in [7, 11) is 0. The zero-order valence-corrected chi connectivity index (χ0v) is 11.1. The van der Waals surface area contributed by atoms with Gasteiger partial charge < -0.3 is 10.0 Å². The molecule has 0 spiro atoms. The van der Waals surface area contributed by atoms with Crippen LogP contribution >= 0.6 is 0 Å². The number of carboxylic acid groups (broad SMARTS) is 1. The number of rotatable bonds is 7. The Labute approximate surface area is 113 Å². The Bertz CT molecular complexity index is 451. The third kappa shape index (κ3) is 5.38. The molecule has 19 heavy (non-hydrogen) atoms. The summed E-state index contributed by atoms with van der Waals surface area (Å²) in [5.41, 5.74) is 2.25. The first-order valence-corrected chi connectivity index (χ1v) is 6.19. The number of amides is 1. The van der Waals surface area contributed by atoms with Gasteiger partial charge in [0, 0.05) is 13.0 Å². The molecule has 0 saturated carbocycles. The summed E-state index contributed by atoms with van der Waals surface area (Å²) in [5, 5.41) is 8.75. The van der Waals surface area contributed by atoms with E-state index in [4.69, 9.17) is 5.11 Å². The third-order valence-corrected chi connectivity index (χ3v) is 2.78. The highest BCUT2D eigenvalue weighted by Gasteiger charge is 2.14. The SMILES string of the molecule is C=CCN(CC(=O)O)C(=O)CCc1ccc(C)cc1. The summed E-state index contributed by atoms with van der Waals surface area (Å²) in [6, 6.07) is 7.96. The molecule has 0 unspecified atom stereocenters. The number of benzene rings is 1. The number of carboxylic acids is 1. The molecule has 1 aromatic carbocycles. The molecule has 102 valence electrons. The Hall–Kier alpha value is -2.10. The molecule has 0 saturated heterocycles. The topological polar surface area (TPSA) is 57.6 Å². The molecular weight excluding hydrogens is 242 g/mol. The van der Waals surface area contributed by atoms with Crippen molar-refractivity contribution in [1.82, 2.24) is 4.90 Å². The van der Waals surface area contributed by atoms with Crippen LogP contribution in [0.3, 0.4) is 0 Å². The monoisotopic (exact) mass is 261 g/mol. The van der Waals surface area contributed by atoms with Gasteiger partial charge in [-0.05, 0) is 18.9 Å². The van der Waals surface area contributed by atoms with Crippen molar-refractivity contribution in [3.63, 3.8) is 0 Å². The van der Waals surface area contributed by atoms with Crippen LogP contribution in [0.1, 0.15) is 17.5 Å². The quantitative estimate of drug-likeness (QED) is 0.764. The molecule has 0 heterocycles. The van der Waals surface area contributed by atoms with E-state index in [0.29, 0.717) is 12.8 Å². The maximum absolute atomic E-state index is 11.9. The molecule has 0 bridgehead atoms. The van der Waals surface area contributed by atoms with Gasteiger partial charge >= 0.3 is 5.97 Å². The number of carbonyl (C=O) groups is 2. The minimum atomic E-state index is -1.01. The van der Waals surface area contributed by atoms with Gasteiger partial charge in [0.2, 0.25) is 5.91 Å². The lowest BCUT2D eigenvalue weighted by Gasteiger charge is -2.18. The fraction of sp³-hybridized carbons (Fsp3) is 0.333. The highest BCUT2D eigenvalue weighted by Crippen LogP contribution is 2.07. The molecule has 1 amide bonds. The van der Waals surface area contributed by atoms with Gasteiger partial charge in [0.25, 0.3) is 0 Å². The van der Waals surface area contributed by atoms with Crippen molar-refractivity contribution < 1.29 is 14.7 Å². The van der Waals surface area contributed by atoms with Gasteiger partial charge in [-0.1, -0.05) is 35.9 Å². The Morgan fingerprint density at radius 3 is 2.47 bits per heavy atom. The Morgan fingerprint density at radius 2 is 1.95 bits per heavy atom. The lowest BCUT2D eigenvalue weighted by molar-refractivity contribution is -0.144. The zero-order chi connectivity index (χ0) is 14.3. The lowest BCUT2D eigenvalue weighted by Crippen LogP contribution is -2.35. The van der Waals surface area contributed by atoms with E-state index in [-0.39, 0.29) is 19.0 Å². The standard InChI is InChI=1S/C15H19NO3/c1-3-10-16(11-15(18)19)14(17)9-8-13-6-4-12(2)5-7-13/h3-7H,1,8-11H2,2H3,(H,18,19). The van der Waals surface area contributed by atoms with Crippen LogP contribution in [0.4, 0.5) is 0 Å². The molecule has 0 radical (unpaired) electrons. The summed E-state index contributed by atoms with van der Waals surface area (Å²) in [6.45, 7) is 5.52. The number of aryl methyl sites for hydroxylation is 2. The molecule has 4 nitrogen and oxygen atoms in total. The molecule has 0 fully saturated rings. The van der Waals surface area contributed by atoms with E-state index in [0.717, 1.165) is 5.56 Å². The van der Waals surface area contributed by atoms with Gasteiger partial charge in [0.05, 0.1) is 0 Å². The van der Waals surface area contributed by atoms with Crippen LogP contribution in [0.15, 0.2) is 36.9 Å². The summed E-state index contributed by atoms with van der Waals surface area (Å²) in [5.74, 6) is -1.17. The van der Waals surface area contributed by atoms with Gasteiger partial charge in [-0.2, -0.15) is 0 Å². The average Bonchev–Trinajstić information content (AvgIpc) is 2.37. The van der Waals surface area contributed by atoms with E-state index in [1.807, 2.05) is 31.2 Å². The molecule has 0 aliphatic heterocycles. The van der Waals surface area contributed by atoms with Gasteiger partial charge in [-0.25, -0.2) is 0 Å². The van der Waals surface area contributed by atoms with Crippen LogP contribution in [0.5, 0.6) is 0 Å². The minimum Gasteiger partial charge on any atom is -0.480 e. The van der Waals surface area contributed by atoms with E-state index in [1.165, 1.54) is 16.5 Å². The predicted octanol–water partition coefficient (Wildman–Crippen LogP) is 2.03. The molecule has 1 N–H and O–H groups in total. The van der Waals surface area contributed by atoms with Crippen molar-refractivity contribution >= 4 is 11.9 Å². The van der Waals surface area contributed by atoms with Crippen LogP contribution in [-0.4, -0.2) is 35.0 Å². The molecule has 0 aliphatic rings. The molecule has 1 aromatic rings. The molecule has 1 rings (SSSR count). The highest BCUT2D eigenvalue weighted by molar-refractivity contribution is 5.81.